The molecule has 11 atom stereocenters. The molecule has 2 saturated heterocycles. The van der Waals surface area contributed by atoms with Crippen molar-refractivity contribution < 1.29 is 73.8 Å². The number of unbranched alkanes of at least 4 members (excludes halogenated alkanes) is 2. The van der Waals surface area contributed by atoms with E-state index in [1.54, 1.807) is 6.08 Å². The number of aliphatic hydroxyl groups is 7. The number of rotatable bonds is 33. The number of ether oxygens (including phenoxy) is 6. The Hall–Kier alpha value is -3.84. The zero-order valence-electron chi connectivity index (χ0n) is 38.9. The molecule has 2 heterocycles. The van der Waals surface area contributed by atoms with Crippen LogP contribution in [0.25, 0.3) is 0 Å². The van der Waals surface area contributed by atoms with Crippen LogP contribution in [-0.4, -0.2) is 142 Å². The van der Waals surface area contributed by atoms with E-state index in [1.165, 1.54) is 0 Å². The molecule has 0 spiro atoms. The average molecular weight is 931 g/mol. The third-order valence-electron chi connectivity index (χ3n) is 10.3. The van der Waals surface area contributed by atoms with Crippen molar-refractivity contribution in [3.8, 4) is 0 Å². The van der Waals surface area contributed by atoms with Crippen LogP contribution in [0.5, 0.6) is 0 Å². The lowest BCUT2D eigenvalue weighted by molar-refractivity contribution is -0.332. The van der Waals surface area contributed by atoms with Gasteiger partial charge in [0.2, 0.25) is 0 Å². The van der Waals surface area contributed by atoms with Crippen LogP contribution in [0.15, 0.2) is 109 Å². The van der Waals surface area contributed by atoms with Crippen molar-refractivity contribution >= 4 is 11.9 Å². The summed E-state index contributed by atoms with van der Waals surface area (Å²) in [5.41, 5.74) is 0. The maximum atomic E-state index is 12.9. The van der Waals surface area contributed by atoms with Crippen molar-refractivity contribution in [3.63, 3.8) is 0 Å². The highest BCUT2D eigenvalue weighted by molar-refractivity contribution is 5.71. The molecular weight excluding hydrogens is 853 g/mol. The summed E-state index contributed by atoms with van der Waals surface area (Å²) >= 11 is 0. The number of carbonyl (C=O) groups excluding carboxylic acids is 2. The molecule has 15 nitrogen and oxygen atoms in total. The molecule has 2 rings (SSSR count). The molecule has 0 radical (unpaired) electrons. The molecule has 0 bridgehead atoms. The van der Waals surface area contributed by atoms with Crippen molar-refractivity contribution in [2.75, 3.05) is 26.4 Å². The molecule has 0 unspecified atom stereocenters. The largest absolute Gasteiger partial charge is 0.461 e. The van der Waals surface area contributed by atoms with E-state index in [0.29, 0.717) is 12.8 Å². The lowest BCUT2D eigenvalue weighted by Gasteiger charge is -2.42. The zero-order chi connectivity index (χ0) is 48.2. The summed E-state index contributed by atoms with van der Waals surface area (Å²) in [6.07, 6.45) is 30.2. The molecule has 0 aromatic carbocycles. The van der Waals surface area contributed by atoms with Crippen LogP contribution in [-0.2, 0) is 38.0 Å². The van der Waals surface area contributed by atoms with Crippen LogP contribution >= 0.6 is 0 Å². The van der Waals surface area contributed by atoms with Gasteiger partial charge in [0.1, 0.15) is 55.4 Å². The number of hydrogen-bond acceptors (Lipinski definition) is 15. The van der Waals surface area contributed by atoms with Gasteiger partial charge in [-0.2, -0.15) is 0 Å². The van der Waals surface area contributed by atoms with Crippen LogP contribution in [0.4, 0.5) is 0 Å². The van der Waals surface area contributed by atoms with E-state index in [0.717, 1.165) is 64.2 Å². The Bertz CT molecular complexity index is 1560. The highest BCUT2D eigenvalue weighted by Crippen LogP contribution is 2.26. The number of aliphatic hydroxyl groups excluding tert-OH is 7. The Morgan fingerprint density at radius 2 is 0.939 bits per heavy atom. The summed E-state index contributed by atoms with van der Waals surface area (Å²) in [4.78, 5) is 25.6. The lowest BCUT2D eigenvalue weighted by atomic mass is 9.98. The fourth-order valence-corrected chi connectivity index (χ4v) is 6.45. The van der Waals surface area contributed by atoms with Gasteiger partial charge >= 0.3 is 11.9 Å². The third-order valence-corrected chi connectivity index (χ3v) is 10.3. The van der Waals surface area contributed by atoms with Crippen LogP contribution in [0, 0.1) is 0 Å². The van der Waals surface area contributed by atoms with Gasteiger partial charge in [0.25, 0.3) is 0 Å². The Balaban J connectivity index is 1.91. The molecule has 0 aromatic rings. The normalized spacial score (nSPS) is 27.2. The minimum atomic E-state index is -1.79. The van der Waals surface area contributed by atoms with Gasteiger partial charge in [0, 0.05) is 6.42 Å². The highest BCUT2D eigenvalue weighted by Gasteiger charge is 2.47. The molecule has 66 heavy (non-hydrogen) atoms. The van der Waals surface area contributed by atoms with Gasteiger partial charge in [-0.1, -0.05) is 123 Å². The predicted octanol–water partition coefficient (Wildman–Crippen LogP) is 5.59. The smallest absolute Gasteiger partial charge is 0.309 e. The monoisotopic (exact) mass is 931 g/mol. The van der Waals surface area contributed by atoms with Gasteiger partial charge in [-0.15, -0.1) is 0 Å². The molecule has 0 aromatic heterocycles. The predicted molar refractivity (Wildman–Crippen MR) is 251 cm³/mol. The fraction of sp³-hybridized carbons (Fsp3) is 0.608. The molecule has 7 N–H and O–H groups in total. The summed E-state index contributed by atoms with van der Waals surface area (Å²) in [5, 5.41) is 71.9. The van der Waals surface area contributed by atoms with Crippen LogP contribution < -0.4 is 0 Å². The number of hydrogen-bond donors (Lipinski definition) is 7. The van der Waals surface area contributed by atoms with Crippen molar-refractivity contribution in [1.82, 2.24) is 0 Å². The van der Waals surface area contributed by atoms with Crippen molar-refractivity contribution in [2.45, 2.75) is 171 Å². The molecule has 2 fully saturated rings. The van der Waals surface area contributed by atoms with Gasteiger partial charge in [-0.3, -0.25) is 9.59 Å². The SMILES string of the molecule is CC/C=C\C/C=C\C/C=C\C/C=C\C/C=C\CC(=O)OC[C@@H](CO[C@@H]1O[C@H](CO[C@H]2O[C@H](CO)[C@H](O)[C@H](O)[C@H]2O)[C@H](O)[C@H](O)[C@H]1O)OC(=O)CCCC/C=C\C/C=C\C/C=C\C/C=C\CC. The molecule has 2 aliphatic heterocycles. The second-order valence-corrected chi connectivity index (χ2v) is 15.8. The van der Waals surface area contributed by atoms with Crippen LogP contribution in [0.3, 0.4) is 0 Å². The van der Waals surface area contributed by atoms with Crippen molar-refractivity contribution in [1.29, 1.82) is 0 Å². The Labute approximate surface area is 391 Å². The second-order valence-electron chi connectivity index (χ2n) is 15.8. The maximum Gasteiger partial charge on any atom is 0.309 e. The lowest BCUT2D eigenvalue weighted by Crippen LogP contribution is -2.61. The summed E-state index contributed by atoms with van der Waals surface area (Å²) in [7, 11) is 0. The third kappa shape index (κ3) is 25.3. The Morgan fingerprint density at radius 3 is 1.44 bits per heavy atom. The molecular formula is C51H78O15. The maximum absolute atomic E-state index is 12.9. The summed E-state index contributed by atoms with van der Waals surface area (Å²) < 4.78 is 33.3. The number of carbonyl (C=O) groups is 2. The minimum Gasteiger partial charge on any atom is -0.461 e. The molecule has 0 saturated carbocycles. The first-order valence-electron chi connectivity index (χ1n) is 23.5. The van der Waals surface area contributed by atoms with Crippen LogP contribution in [0.2, 0.25) is 0 Å². The first-order chi connectivity index (χ1) is 32.0. The van der Waals surface area contributed by atoms with E-state index >= 15 is 0 Å². The van der Waals surface area contributed by atoms with Gasteiger partial charge in [0.05, 0.1) is 26.2 Å². The molecule has 2 aliphatic rings. The average Bonchev–Trinajstić information content (AvgIpc) is 3.31. The number of esters is 2. The topological polar surface area (TPSA) is 231 Å². The van der Waals surface area contributed by atoms with Crippen molar-refractivity contribution in [3.05, 3.63) is 109 Å². The van der Waals surface area contributed by atoms with E-state index < -0.39 is 99.3 Å². The first kappa shape index (κ1) is 58.3. The summed E-state index contributed by atoms with van der Waals surface area (Å²) in [5.74, 6) is -1.14. The van der Waals surface area contributed by atoms with E-state index in [2.05, 4.69) is 98.9 Å². The molecule has 0 amide bonds. The highest BCUT2D eigenvalue weighted by atomic mass is 16.7. The van der Waals surface area contributed by atoms with Gasteiger partial charge in [0.15, 0.2) is 18.7 Å². The van der Waals surface area contributed by atoms with Crippen molar-refractivity contribution in [2.24, 2.45) is 0 Å². The molecule has 372 valence electrons. The molecule has 15 heteroatoms. The minimum absolute atomic E-state index is 0.0308. The van der Waals surface area contributed by atoms with Crippen LogP contribution in [0.1, 0.15) is 104 Å². The van der Waals surface area contributed by atoms with E-state index in [9.17, 15) is 45.3 Å². The Kier molecular flexibility index (Phi) is 32.8. The Morgan fingerprint density at radius 1 is 0.500 bits per heavy atom. The van der Waals surface area contributed by atoms with E-state index in [1.807, 2.05) is 18.2 Å². The van der Waals surface area contributed by atoms with E-state index in [-0.39, 0.29) is 19.4 Å². The first-order valence-corrected chi connectivity index (χ1v) is 23.5. The van der Waals surface area contributed by atoms with Gasteiger partial charge in [-0.05, 0) is 77.0 Å². The summed E-state index contributed by atoms with van der Waals surface area (Å²) in [6, 6.07) is 0. The number of allylic oxidation sites excluding steroid dienone is 17. The summed E-state index contributed by atoms with van der Waals surface area (Å²) in [6.45, 7) is 2.16. The fourth-order valence-electron chi connectivity index (χ4n) is 6.45. The molecule has 0 aliphatic carbocycles. The second kappa shape index (κ2) is 37.2. The zero-order valence-corrected chi connectivity index (χ0v) is 38.9. The van der Waals surface area contributed by atoms with Gasteiger partial charge in [-0.25, -0.2) is 0 Å². The standard InChI is InChI=1S/C51H78O15/c1-3-5-7-9-11-13-15-17-19-21-23-25-27-29-31-33-42(53)61-36-39(64-43(54)34-32-30-28-26-24-22-20-18-16-14-12-10-8-6-4-2)37-62-50-49(60)47(58)45(56)41(66-50)38-63-51-48(59)46(57)44(55)40(35-52)65-51/h5-8,11-14,17-20,23-26,29,31,39-41,44-52,55-60H,3-4,9-10,15-16,21-22,27-28,30,32-38H2,1-2H3/b7-5-,8-6-,13-11-,14-12-,19-17-,20-18-,25-23-,26-24-,31-29-/t39-,40+,41+,44-,45-,46-,47-,48+,49+,50+,51-/m0/s1. The van der Waals surface area contributed by atoms with Gasteiger partial charge < -0.3 is 64.2 Å². The van der Waals surface area contributed by atoms with E-state index in [4.69, 9.17) is 28.4 Å². The quantitative estimate of drug-likeness (QED) is 0.0242.